The van der Waals surface area contributed by atoms with Crippen LogP contribution in [-0.2, 0) is 0 Å². The summed E-state index contributed by atoms with van der Waals surface area (Å²) < 4.78 is 0. The van der Waals surface area contributed by atoms with E-state index in [0.717, 1.165) is 0 Å². The first-order valence-corrected chi connectivity index (χ1v) is 5.58. The molecule has 0 saturated heterocycles. The second kappa shape index (κ2) is 5.58. The van der Waals surface area contributed by atoms with Gasteiger partial charge in [0.1, 0.15) is 5.44 Å². The van der Waals surface area contributed by atoms with Gasteiger partial charge in [-0.1, -0.05) is 11.8 Å². The van der Waals surface area contributed by atoms with Gasteiger partial charge in [-0.25, -0.2) is 0 Å². The zero-order chi connectivity index (χ0) is 14.7. The number of nitro benzene ring substituents is 3. The van der Waals surface area contributed by atoms with Crippen molar-refractivity contribution < 1.29 is 19.9 Å². The molecule has 0 radical (unpaired) electrons. The molecule has 0 aliphatic rings. The van der Waals surface area contributed by atoms with Crippen LogP contribution in [0.2, 0.25) is 0 Å². The van der Waals surface area contributed by atoms with Crippen molar-refractivity contribution in [3.8, 4) is 0 Å². The number of rotatable bonds is 5. The highest BCUT2D eigenvalue weighted by molar-refractivity contribution is 8.00. The highest BCUT2D eigenvalue weighted by Gasteiger charge is 2.31. The molecule has 0 spiro atoms. The van der Waals surface area contributed by atoms with E-state index in [9.17, 15) is 35.4 Å². The number of thioether (sulfide) groups is 1. The summed E-state index contributed by atoms with van der Waals surface area (Å²) in [5.41, 5.74) is -3.47. The minimum atomic E-state index is -1.14. The predicted molar refractivity (Wildman–Crippen MR) is 63.9 cm³/mol. The molecule has 1 aromatic rings. The molecule has 0 aliphatic carbocycles. The number of nitrogens with zero attached hydrogens (tertiary/aromatic N) is 3. The number of benzene rings is 1. The largest absolute Gasteiger partial charge is 0.382 e. The van der Waals surface area contributed by atoms with E-state index in [4.69, 9.17) is 0 Å². The van der Waals surface area contributed by atoms with E-state index in [0.29, 0.717) is 23.9 Å². The molecule has 0 amide bonds. The summed E-state index contributed by atoms with van der Waals surface area (Å²) >= 11 is 0.478. The fourth-order valence-electron chi connectivity index (χ4n) is 1.25. The third kappa shape index (κ3) is 3.35. The third-order valence-corrected chi connectivity index (χ3v) is 2.92. The predicted octanol–water partition coefficient (Wildman–Crippen LogP) is 1.84. The van der Waals surface area contributed by atoms with Crippen LogP contribution in [-0.4, -0.2) is 25.3 Å². The van der Waals surface area contributed by atoms with Crippen molar-refractivity contribution in [2.24, 2.45) is 0 Å². The van der Waals surface area contributed by atoms with Crippen molar-refractivity contribution in [2.45, 2.75) is 17.3 Å². The number of nitro groups is 3. The van der Waals surface area contributed by atoms with Gasteiger partial charge in [0, 0.05) is 0 Å². The lowest BCUT2D eigenvalue weighted by atomic mass is 10.2. The Morgan fingerprint density at radius 1 is 1.05 bits per heavy atom. The van der Waals surface area contributed by atoms with Crippen molar-refractivity contribution in [3.63, 3.8) is 0 Å². The molecule has 0 fully saturated rings. The molecule has 1 atom stereocenters. The van der Waals surface area contributed by atoms with Gasteiger partial charge >= 0.3 is 0 Å². The topological polar surface area (TPSA) is 150 Å². The van der Waals surface area contributed by atoms with Crippen LogP contribution >= 0.6 is 11.8 Å². The average Bonchev–Trinajstić information content (AvgIpc) is 2.27. The maximum Gasteiger partial charge on any atom is 0.296 e. The van der Waals surface area contributed by atoms with Crippen molar-refractivity contribution in [1.29, 1.82) is 0 Å². The molecular formula is C8H7N3O7S. The van der Waals surface area contributed by atoms with Gasteiger partial charge in [0.2, 0.25) is 0 Å². The van der Waals surface area contributed by atoms with Crippen molar-refractivity contribution in [2.75, 3.05) is 0 Å². The first-order chi connectivity index (χ1) is 8.73. The van der Waals surface area contributed by atoms with Crippen LogP contribution in [0.25, 0.3) is 0 Å². The van der Waals surface area contributed by atoms with Crippen LogP contribution in [0.3, 0.4) is 0 Å². The number of aliphatic hydroxyl groups is 1. The van der Waals surface area contributed by atoms with Crippen LogP contribution in [0.5, 0.6) is 0 Å². The zero-order valence-electron chi connectivity index (χ0n) is 9.38. The summed E-state index contributed by atoms with van der Waals surface area (Å²) in [6.45, 7) is 1.26. The smallest absolute Gasteiger partial charge is 0.296 e. The molecule has 0 aromatic heterocycles. The van der Waals surface area contributed by atoms with E-state index < -0.39 is 42.2 Å². The normalized spacial score (nSPS) is 11.9. The highest BCUT2D eigenvalue weighted by atomic mass is 32.2. The van der Waals surface area contributed by atoms with Gasteiger partial charge in [-0.3, -0.25) is 30.3 Å². The minimum absolute atomic E-state index is 0.421. The van der Waals surface area contributed by atoms with E-state index in [1.54, 1.807) is 0 Å². The molecule has 10 nitrogen and oxygen atoms in total. The maximum absolute atomic E-state index is 10.8. The molecule has 11 heteroatoms. The van der Waals surface area contributed by atoms with Gasteiger partial charge in [0.05, 0.1) is 26.9 Å². The molecule has 1 unspecified atom stereocenters. The molecule has 0 heterocycles. The van der Waals surface area contributed by atoms with Crippen LogP contribution < -0.4 is 0 Å². The second-order valence-electron chi connectivity index (χ2n) is 3.30. The summed E-state index contributed by atoms with van der Waals surface area (Å²) in [5, 5.41) is 41.4. The molecule has 0 bridgehead atoms. The Morgan fingerprint density at radius 3 is 1.74 bits per heavy atom. The fourth-order valence-corrected chi connectivity index (χ4v) is 2.10. The zero-order valence-corrected chi connectivity index (χ0v) is 10.2. The summed E-state index contributed by atoms with van der Waals surface area (Å²) in [4.78, 5) is 28.9. The molecule has 19 heavy (non-hydrogen) atoms. The fraction of sp³-hybridized carbons (Fsp3) is 0.250. The lowest BCUT2D eigenvalue weighted by Crippen LogP contribution is -2.02. The first-order valence-electron chi connectivity index (χ1n) is 4.70. The van der Waals surface area contributed by atoms with Crippen LogP contribution in [0.1, 0.15) is 6.92 Å². The summed E-state index contributed by atoms with van der Waals surface area (Å²) in [5.74, 6) is 0. The van der Waals surface area contributed by atoms with Gasteiger partial charge in [-0.2, -0.15) is 0 Å². The Labute approximate surface area is 109 Å². The minimum Gasteiger partial charge on any atom is -0.382 e. The lowest BCUT2D eigenvalue weighted by molar-refractivity contribution is -0.407. The average molecular weight is 289 g/mol. The molecule has 0 aliphatic heterocycles. The molecule has 1 N–H and O–H groups in total. The SMILES string of the molecule is CC(O)Sc1c([N+](=O)[O-])cc([N+](=O)[O-])cc1[N+](=O)[O-]. The molecule has 102 valence electrons. The van der Waals surface area contributed by atoms with Crippen LogP contribution in [0.15, 0.2) is 17.0 Å². The third-order valence-electron chi connectivity index (χ3n) is 1.93. The first kappa shape index (κ1) is 14.8. The number of non-ortho nitro benzene ring substituents is 1. The van der Waals surface area contributed by atoms with Gasteiger partial charge in [0.15, 0.2) is 4.90 Å². The Morgan fingerprint density at radius 2 is 1.47 bits per heavy atom. The Bertz CT molecular complexity index is 524. The van der Waals surface area contributed by atoms with Crippen molar-refractivity contribution in [3.05, 3.63) is 42.5 Å². The van der Waals surface area contributed by atoms with E-state index in [1.807, 2.05) is 0 Å². The quantitative estimate of drug-likeness (QED) is 0.373. The maximum atomic E-state index is 10.8. The lowest BCUT2D eigenvalue weighted by Gasteiger charge is -2.05. The van der Waals surface area contributed by atoms with Crippen molar-refractivity contribution in [1.82, 2.24) is 0 Å². The standard InChI is InChI=1S/C8H7N3O7S/c1-4(12)19-8-6(10(15)16)2-5(9(13)14)3-7(8)11(17)18/h2-4,12H,1H3. The van der Waals surface area contributed by atoms with Gasteiger partial charge in [-0.15, -0.1) is 0 Å². The number of aliphatic hydroxyl groups excluding tert-OH is 1. The summed E-state index contributed by atoms with van der Waals surface area (Å²) in [7, 11) is 0. The summed E-state index contributed by atoms with van der Waals surface area (Å²) in [6, 6.07) is 1.25. The molecule has 1 aromatic carbocycles. The number of hydrogen-bond donors (Lipinski definition) is 1. The van der Waals surface area contributed by atoms with E-state index in [-0.39, 0.29) is 0 Å². The van der Waals surface area contributed by atoms with E-state index in [2.05, 4.69) is 0 Å². The van der Waals surface area contributed by atoms with E-state index in [1.165, 1.54) is 6.92 Å². The Hall–Kier alpha value is -2.27. The Kier molecular flexibility index (Phi) is 4.34. The molecule has 1 rings (SSSR count). The second-order valence-corrected chi connectivity index (χ2v) is 4.63. The van der Waals surface area contributed by atoms with Gasteiger partial charge < -0.3 is 5.11 Å². The van der Waals surface area contributed by atoms with Crippen molar-refractivity contribution >= 4 is 28.8 Å². The molecular weight excluding hydrogens is 282 g/mol. The Balaban J connectivity index is 3.60. The monoisotopic (exact) mass is 289 g/mol. The van der Waals surface area contributed by atoms with E-state index >= 15 is 0 Å². The number of hydrogen-bond acceptors (Lipinski definition) is 8. The van der Waals surface area contributed by atoms with Crippen LogP contribution in [0, 0.1) is 30.3 Å². The van der Waals surface area contributed by atoms with Crippen LogP contribution in [0.4, 0.5) is 17.1 Å². The summed E-state index contributed by atoms with van der Waals surface area (Å²) in [6.07, 6.45) is 0. The van der Waals surface area contributed by atoms with Gasteiger partial charge in [-0.05, 0) is 6.92 Å². The van der Waals surface area contributed by atoms with Gasteiger partial charge in [0.25, 0.3) is 17.1 Å². The highest BCUT2D eigenvalue weighted by Crippen LogP contribution is 2.41. The molecule has 0 saturated carbocycles.